The number of methoxy groups -OCH3 is 1. The second-order valence-electron chi connectivity index (χ2n) is 1.45. The normalized spacial score (nSPS) is 7.50. The van der Waals surface area contributed by atoms with E-state index in [0.717, 1.165) is 12.2 Å². The molecule has 0 aliphatic heterocycles. The lowest BCUT2D eigenvalue weighted by atomic mass is 10.3. The summed E-state index contributed by atoms with van der Waals surface area (Å²) in [4.78, 5) is 0. The molecule has 1 nitrogen and oxygen atoms in total. The van der Waals surface area contributed by atoms with Gasteiger partial charge in [0.05, 0.1) is 12.9 Å². The molecule has 0 saturated carbocycles. The number of rotatable bonds is 3. The summed E-state index contributed by atoms with van der Waals surface area (Å²) >= 11 is 0. The zero-order valence-electron chi connectivity index (χ0n) is 5.11. The zero-order chi connectivity index (χ0) is 6.41. The molecule has 0 rings (SSSR count). The van der Waals surface area contributed by atoms with Gasteiger partial charge in [0.25, 0.3) is 0 Å². The Morgan fingerprint density at radius 1 is 1.88 bits per heavy atom. The summed E-state index contributed by atoms with van der Waals surface area (Å²) in [5.74, 6) is 3.24. The molecule has 44 valence electrons. The fourth-order valence-corrected chi connectivity index (χ4v) is 0.314. The van der Waals surface area contributed by atoms with Crippen LogP contribution >= 0.6 is 0 Å². The molecule has 0 fully saturated rings. The van der Waals surface area contributed by atoms with E-state index in [9.17, 15) is 0 Å². The minimum absolute atomic E-state index is 0.715. The van der Waals surface area contributed by atoms with Gasteiger partial charge < -0.3 is 4.74 Å². The molecule has 0 N–H and O–H groups in total. The van der Waals surface area contributed by atoms with Gasteiger partial charge in [0, 0.05) is 12.8 Å². The van der Waals surface area contributed by atoms with Crippen LogP contribution in [0.3, 0.4) is 0 Å². The van der Waals surface area contributed by atoms with Crippen molar-refractivity contribution >= 4 is 0 Å². The van der Waals surface area contributed by atoms with Crippen LogP contribution in [0.5, 0.6) is 0 Å². The van der Waals surface area contributed by atoms with E-state index < -0.39 is 0 Å². The Morgan fingerprint density at radius 3 is 2.88 bits per heavy atom. The number of terminal acetylenes is 1. The average Bonchev–Trinajstić information content (AvgIpc) is 1.83. The maximum atomic E-state index is 4.98. The number of hydrogen-bond acceptors (Lipinski definition) is 1. The van der Waals surface area contributed by atoms with Crippen molar-refractivity contribution in [2.45, 2.75) is 12.8 Å². The molecule has 0 aromatic rings. The van der Waals surface area contributed by atoms with Crippen LogP contribution in [0.1, 0.15) is 12.8 Å². The Bertz CT molecular complexity index is 108. The quantitative estimate of drug-likeness (QED) is 0.395. The maximum absolute atomic E-state index is 4.98. The lowest BCUT2D eigenvalue weighted by Crippen LogP contribution is -1.81. The summed E-state index contributed by atoms with van der Waals surface area (Å²) in [6.45, 7) is 3.59. The van der Waals surface area contributed by atoms with Gasteiger partial charge in [-0.2, -0.15) is 0 Å². The lowest BCUT2D eigenvalue weighted by molar-refractivity contribution is 0.280. The molecule has 0 atom stereocenters. The maximum Gasteiger partial charge on any atom is 0.0893 e. The molecular formula is C7H10O. The Hall–Kier alpha value is -0.900. The molecule has 0 heterocycles. The first-order chi connectivity index (χ1) is 3.81. The summed E-state index contributed by atoms with van der Waals surface area (Å²) < 4.78 is 4.76. The molecule has 0 aromatic heterocycles. The van der Waals surface area contributed by atoms with Gasteiger partial charge in [0.1, 0.15) is 0 Å². The highest BCUT2D eigenvalue weighted by molar-refractivity contribution is 4.91. The smallest absolute Gasteiger partial charge is 0.0893 e. The van der Waals surface area contributed by atoms with Gasteiger partial charge in [-0.3, -0.25) is 0 Å². The standard InChI is InChI=1S/C7H10O/c1-4-5-6-7(2)8-3/h1H,2,5-6H2,3H3. The van der Waals surface area contributed by atoms with Crippen molar-refractivity contribution in [3.05, 3.63) is 12.3 Å². The van der Waals surface area contributed by atoms with Gasteiger partial charge >= 0.3 is 0 Å². The van der Waals surface area contributed by atoms with Gasteiger partial charge in [-0.05, 0) is 0 Å². The highest BCUT2D eigenvalue weighted by Gasteiger charge is 1.86. The minimum Gasteiger partial charge on any atom is -0.502 e. The Kier molecular flexibility index (Phi) is 3.78. The minimum atomic E-state index is 0.715. The molecule has 0 aromatic carbocycles. The molecule has 1 heteroatoms. The molecule has 0 aliphatic rings. The fraction of sp³-hybridized carbons (Fsp3) is 0.429. The molecule has 0 amide bonds. The van der Waals surface area contributed by atoms with E-state index in [1.165, 1.54) is 0 Å². The molecule has 0 spiro atoms. The SMILES string of the molecule is C#CCCC(=C)OC. The highest BCUT2D eigenvalue weighted by atomic mass is 16.5. The predicted molar refractivity (Wildman–Crippen MR) is 34.2 cm³/mol. The predicted octanol–water partition coefficient (Wildman–Crippen LogP) is 1.56. The van der Waals surface area contributed by atoms with Gasteiger partial charge in [0.2, 0.25) is 0 Å². The number of allylic oxidation sites excluding steroid dienone is 1. The van der Waals surface area contributed by atoms with E-state index in [1.54, 1.807) is 7.11 Å². The van der Waals surface area contributed by atoms with Crippen LogP contribution in [0.15, 0.2) is 12.3 Å². The second kappa shape index (κ2) is 4.26. The van der Waals surface area contributed by atoms with Crippen molar-refractivity contribution in [2.75, 3.05) is 7.11 Å². The summed E-state index contributed by atoms with van der Waals surface area (Å²) in [6, 6.07) is 0. The van der Waals surface area contributed by atoms with E-state index in [0.29, 0.717) is 6.42 Å². The van der Waals surface area contributed by atoms with Gasteiger partial charge in [-0.1, -0.05) is 6.58 Å². The van der Waals surface area contributed by atoms with Crippen LogP contribution in [0, 0.1) is 12.3 Å². The van der Waals surface area contributed by atoms with Gasteiger partial charge in [0.15, 0.2) is 0 Å². The van der Waals surface area contributed by atoms with Crippen LogP contribution in [0.25, 0.3) is 0 Å². The third kappa shape index (κ3) is 3.30. The van der Waals surface area contributed by atoms with Gasteiger partial charge in [-0.15, -0.1) is 12.3 Å². The summed E-state index contributed by atoms with van der Waals surface area (Å²) in [5, 5.41) is 0. The highest BCUT2D eigenvalue weighted by Crippen LogP contribution is 1.99. The van der Waals surface area contributed by atoms with E-state index in [4.69, 9.17) is 11.2 Å². The van der Waals surface area contributed by atoms with Crippen molar-refractivity contribution in [2.24, 2.45) is 0 Å². The van der Waals surface area contributed by atoms with Crippen molar-refractivity contribution in [3.8, 4) is 12.3 Å². The van der Waals surface area contributed by atoms with Crippen molar-refractivity contribution in [1.82, 2.24) is 0 Å². The number of ether oxygens (including phenoxy) is 1. The van der Waals surface area contributed by atoms with Crippen LogP contribution in [-0.2, 0) is 4.74 Å². The first-order valence-electron chi connectivity index (χ1n) is 2.46. The van der Waals surface area contributed by atoms with E-state index >= 15 is 0 Å². The third-order valence-corrected chi connectivity index (χ3v) is 0.837. The molecule has 0 aliphatic carbocycles. The Labute approximate surface area is 50.4 Å². The Morgan fingerprint density at radius 2 is 2.50 bits per heavy atom. The Balaban J connectivity index is 3.15. The first kappa shape index (κ1) is 7.10. The number of hydrogen-bond donors (Lipinski definition) is 0. The topological polar surface area (TPSA) is 9.23 Å². The third-order valence-electron chi connectivity index (χ3n) is 0.837. The fourth-order valence-electron chi connectivity index (χ4n) is 0.314. The molecule has 8 heavy (non-hydrogen) atoms. The van der Waals surface area contributed by atoms with Crippen LogP contribution < -0.4 is 0 Å². The molecular weight excluding hydrogens is 100 g/mol. The molecule has 0 saturated heterocycles. The van der Waals surface area contributed by atoms with Crippen molar-refractivity contribution in [3.63, 3.8) is 0 Å². The van der Waals surface area contributed by atoms with Crippen molar-refractivity contribution in [1.29, 1.82) is 0 Å². The summed E-state index contributed by atoms with van der Waals surface area (Å²) in [5.41, 5.74) is 0. The molecule has 0 radical (unpaired) electrons. The van der Waals surface area contributed by atoms with Crippen LogP contribution in [0.4, 0.5) is 0 Å². The largest absolute Gasteiger partial charge is 0.502 e. The second-order valence-corrected chi connectivity index (χ2v) is 1.45. The molecule has 0 bridgehead atoms. The molecule has 0 unspecified atom stereocenters. The van der Waals surface area contributed by atoms with Gasteiger partial charge in [-0.25, -0.2) is 0 Å². The lowest BCUT2D eigenvalue weighted by Gasteiger charge is -1.97. The van der Waals surface area contributed by atoms with Crippen LogP contribution in [0.2, 0.25) is 0 Å². The van der Waals surface area contributed by atoms with Crippen molar-refractivity contribution < 1.29 is 4.74 Å². The zero-order valence-corrected chi connectivity index (χ0v) is 5.11. The van der Waals surface area contributed by atoms with E-state index in [2.05, 4.69) is 12.5 Å². The summed E-state index contributed by atoms with van der Waals surface area (Å²) in [7, 11) is 1.60. The van der Waals surface area contributed by atoms with E-state index in [-0.39, 0.29) is 0 Å². The summed E-state index contributed by atoms with van der Waals surface area (Å²) in [6.07, 6.45) is 6.47. The van der Waals surface area contributed by atoms with E-state index in [1.807, 2.05) is 0 Å². The monoisotopic (exact) mass is 110 g/mol. The van der Waals surface area contributed by atoms with Crippen LogP contribution in [-0.4, -0.2) is 7.11 Å². The average molecular weight is 110 g/mol. The first-order valence-corrected chi connectivity index (χ1v) is 2.46.